The van der Waals surface area contributed by atoms with Crippen molar-refractivity contribution in [1.29, 1.82) is 0 Å². The monoisotopic (exact) mass is 431 g/mol. The summed E-state index contributed by atoms with van der Waals surface area (Å²) in [5.41, 5.74) is 2.33. The average molecular weight is 432 g/mol. The van der Waals surface area contributed by atoms with Gasteiger partial charge in [-0.25, -0.2) is 0 Å². The number of benzene rings is 2. The van der Waals surface area contributed by atoms with Crippen LogP contribution in [-0.4, -0.2) is 52.1 Å². The highest BCUT2D eigenvalue weighted by Crippen LogP contribution is 2.21. The number of likely N-dealkylation sites (tertiary alicyclic amines) is 1. The third-order valence-corrected chi connectivity index (χ3v) is 5.87. The minimum absolute atomic E-state index is 0.360. The molecule has 0 unspecified atom stereocenters. The Morgan fingerprint density at radius 1 is 0.844 bits per heavy atom. The van der Waals surface area contributed by atoms with Gasteiger partial charge < -0.3 is 15.5 Å². The van der Waals surface area contributed by atoms with Crippen molar-refractivity contribution in [3.63, 3.8) is 0 Å². The third kappa shape index (κ3) is 5.95. The number of piperidine rings is 1. The van der Waals surface area contributed by atoms with Gasteiger partial charge in [0.2, 0.25) is 17.8 Å². The number of nitrogens with zero attached hydrogens (tertiary/aromatic N) is 5. The van der Waals surface area contributed by atoms with E-state index in [1.165, 1.54) is 5.56 Å². The van der Waals surface area contributed by atoms with Gasteiger partial charge in [0, 0.05) is 44.5 Å². The first kappa shape index (κ1) is 22.0. The molecule has 0 bridgehead atoms. The summed E-state index contributed by atoms with van der Waals surface area (Å²) < 4.78 is 0. The molecule has 3 aromatic rings. The molecule has 0 amide bonds. The number of hydrogen-bond acceptors (Lipinski definition) is 7. The molecular weight excluding hydrogens is 398 g/mol. The van der Waals surface area contributed by atoms with E-state index < -0.39 is 0 Å². The first-order chi connectivity index (χ1) is 15.7. The molecular formula is C25H33N7. The maximum Gasteiger partial charge on any atom is 0.233 e. The maximum absolute atomic E-state index is 4.74. The van der Waals surface area contributed by atoms with Crippen molar-refractivity contribution in [2.75, 3.05) is 41.7 Å². The van der Waals surface area contributed by atoms with Crippen molar-refractivity contribution >= 4 is 23.5 Å². The van der Waals surface area contributed by atoms with Gasteiger partial charge in [-0.05, 0) is 44.4 Å². The molecule has 0 saturated carbocycles. The molecule has 7 heteroatoms. The Kier molecular flexibility index (Phi) is 7.51. The first-order valence-corrected chi connectivity index (χ1v) is 11.6. The number of anilines is 4. The number of aromatic nitrogens is 3. The molecule has 1 aromatic heterocycles. The van der Waals surface area contributed by atoms with Gasteiger partial charge in [-0.2, -0.15) is 15.0 Å². The fourth-order valence-corrected chi connectivity index (χ4v) is 4.04. The van der Waals surface area contributed by atoms with Crippen LogP contribution in [0.4, 0.5) is 23.5 Å². The van der Waals surface area contributed by atoms with Crippen molar-refractivity contribution in [2.24, 2.45) is 0 Å². The molecule has 168 valence electrons. The van der Waals surface area contributed by atoms with E-state index in [1.54, 1.807) is 0 Å². The highest BCUT2D eigenvalue weighted by Gasteiger charge is 2.21. The van der Waals surface area contributed by atoms with Crippen molar-refractivity contribution in [3.8, 4) is 0 Å². The molecule has 0 spiro atoms. The van der Waals surface area contributed by atoms with Crippen LogP contribution in [0.15, 0.2) is 60.7 Å². The zero-order valence-corrected chi connectivity index (χ0v) is 19.0. The van der Waals surface area contributed by atoms with Crippen LogP contribution in [-0.2, 0) is 6.54 Å². The lowest BCUT2D eigenvalue weighted by molar-refractivity contribution is 0.211. The lowest BCUT2D eigenvalue weighted by Crippen LogP contribution is -2.39. The van der Waals surface area contributed by atoms with E-state index in [1.807, 2.05) is 30.3 Å². The highest BCUT2D eigenvalue weighted by molar-refractivity contribution is 5.55. The fraction of sp³-hybridized carbons (Fsp3) is 0.400. The Labute approximate surface area is 190 Å². The van der Waals surface area contributed by atoms with E-state index in [2.05, 4.69) is 74.6 Å². The van der Waals surface area contributed by atoms with Crippen LogP contribution in [0.1, 0.15) is 32.3 Å². The number of nitrogens with one attached hydrogen (secondary N) is 2. The smallest absolute Gasteiger partial charge is 0.233 e. The third-order valence-electron chi connectivity index (χ3n) is 5.87. The molecule has 1 saturated heterocycles. The average Bonchev–Trinajstić information content (AvgIpc) is 2.82. The molecule has 0 aliphatic carbocycles. The molecule has 32 heavy (non-hydrogen) atoms. The second-order valence-electron chi connectivity index (χ2n) is 8.13. The first-order valence-electron chi connectivity index (χ1n) is 11.6. The Morgan fingerprint density at radius 2 is 1.47 bits per heavy atom. The van der Waals surface area contributed by atoms with Gasteiger partial charge in [0.25, 0.3) is 0 Å². The molecule has 2 heterocycles. The molecule has 4 rings (SSSR count). The second-order valence-corrected chi connectivity index (χ2v) is 8.13. The molecule has 2 N–H and O–H groups in total. The Balaban J connectivity index is 1.43. The van der Waals surface area contributed by atoms with Crippen LogP contribution in [0.2, 0.25) is 0 Å². The lowest BCUT2D eigenvalue weighted by atomic mass is 10.0. The van der Waals surface area contributed by atoms with E-state index in [4.69, 9.17) is 4.98 Å². The maximum atomic E-state index is 4.74. The van der Waals surface area contributed by atoms with Crippen LogP contribution in [0, 0.1) is 0 Å². The zero-order valence-electron chi connectivity index (χ0n) is 19.0. The van der Waals surface area contributed by atoms with Gasteiger partial charge in [-0.1, -0.05) is 48.5 Å². The molecule has 0 atom stereocenters. The summed E-state index contributed by atoms with van der Waals surface area (Å²) in [5.74, 6) is 1.91. The Bertz CT molecular complexity index is 953. The van der Waals surface area contributed by atoms with Crippen LogP contribution < -0.4 is 15.5 Å². The van der Waals surface area contributed by atoms with E-state index in [9.17, 15) is 0 Å². The summed E-state index contributed by atoms with van der Waals surface area (Å²) in [5, 5.41) is 6.90. The summed E-state index contributed by atoms with van der Waals surface area (Å²) in [6.07, 6.45) is 2.14. The summed E-state index contributed by atoms with van der Waals surface area (Å²) in [6.45, 7) is 9.08. The van der Waals surface area contributed by atoms with E-state index in [-0.39, 0.29) is 0 Å². The van der Waals surface area contributed by atoms with Crippen LogP contribution in [0.5, 0.6) is 0 Å². The van der Waals surface area contributed by atoms with Gasteiger partial charge in [-0.3, -0.25) is 4.90 Å². The number of hydrogen-bond donors (Lipinski definition) is 2. The lowest BCUT2D eigenvalue weighted by Gasteiger charge is -2.32. The standard InChI is InChI=1S/C25H33N7/c1-3-32(4-2)25-29-23(26-21-13-9-6-10-14-21)28-24(30-25)27-22-15-17-31(18-16-22)19-20-11-7-5-8-12-20/h5-14,22H,3-4,15-19H2,1-2H3,(H2,26,27,28,29,30). The predicted octanol–water partition coefficient (Wildman–Crippen LogP) is 4.54. The molecule has 7 nitrogen and oxygen atoms in total. The Hall–Kier alpha value is -3.19. The molecule has 0 radical (unpaired) electrons. The van der Waals surface area contributed by atoms with E-state index in [0.29, 0.717) is 23.9 Å². The van der Waals surface area contributed by atoms with Crippen molar-refractivity contribution in [2.45, 2.75) is 39.3 Å². The van der Waals surface area contributed by atoms with Crippen LogP contribution >= 0.6 is 0 Å². The number of rotatable bonds is 9. The summed E-state index contributed by atoms with van der Waals surface area (Å²) in [4.78, 5) is 18.7. The van der Waals surface area contributed by atoms with Gasteiger partial charge >= 0.3 is 0 Å². The minimum Gasteiger partial charge on any atom is -0.351 e. The summed E-state index contributed by atoms with van der Waals surface area (Å²) in [6, 6.07) is 21.1. The quantitative estimate of drug-likeness (QED) is 0.515. The molecule has 1 aliphatic rings. The summed E-state index contributed by atoms with van der Waals surface area (Å²) in [7, 11) is 0. The van der Waals surface area contributed by atoms with Gasteiger partial charge in [0.1, 0.15) is 0 Å². The van der Waals surface area contributed by atoms with Crippen LogP contribution in [0.25, 0.3) is 0 Å². The van der Waals surface area contributed by atoms with E-state index in [0.717, 1.165) is 51.3 Å². The topological polar surface area (TPSA) is 69.2 Å². The second kappa shape index (κ2) is 10.9. The molecule has 1 aliphatic heterocycles. The predicted molar refractivity (Wildman–Crippen MR) is 131 cm³/mol. The molecule has 1 fully saturated rings. The fourth-order valence-electron chi connectivity index (χ4n) is 4.04. The molecule has 2 aromatic carbocycles. The summed E-state index contributed by atoms with van der Waals surface area (Å²) >= 11 is 0. The van der Waals surface area contributed by atoms with Gasteiger partial charge in [0.15, 0.2) is 0 Å². The van der Waals surface area contributed by atoms with Crippen LogP contribution in [0.3, 0.4) is 0 Å². The van der Waals surface area contributed by atoms with E-state index >= 15 is 0 Å². The van der Waals surface area contributed by atoms with Gasteiger partial charge in [-0.15, -0.1) is 0 Å². The SMILES string of the molecule is CCN(CC)c1nc(Nc2ccccc2)nc(NC2CCN(Cc3ccccc3)CC2)n1. The van der Waals surface area contributed by atoms with Crippen molar-refractivity contribution < 1.29 is 0 Å². The van der Waals surface area contributed by atoms with Crippen molar-refractivity contribution in [1.82, 2.24) is 19.9 Å². The van der Waals surface area contributed by atoms with Gasteiger partial charge in [0.05, 0.1) is 0 Å². The number of para-hydroxylation sites is 1. The highest BCUT2D eigenvalue weighted by atomic mass is 15.3. The zero-order chi connectivity index (χ0) is 22.2. The van der Waals surface area contributed by atoms with Crippen molar-refractivity contribution in [3.05, 3.63) is 66.2 Å². The Morgan fingerprint density at radius 3 is 2.12 bits per heavy atom. The minimum atomic E-state index is 0.360. The normalized spacial score (nSPS) is 14.8. The largest absolute Gasteiger partial charge is 0.351 e.